The van der Waals surface area contributed by atoms with Gasteiger partial charge >= 0.3 is 0 Å². The zero-order valence-corrected chi connectivity index (χ0v) is 12.3. The molecule has 0 aliphatic heterocycles. The lowest BCUT2D eigenvalue weighted by Crippen LogP contribution is -2.21. The van der Waals surface area contributed by atoms with Crippen molar-refractivity contribution < 1.29 is 0 Å². The van der Waals surface area contributed by atoms with Crippen molar-refractivity contribution in [3.63, 3.8) is 0 Å². The lowest BCUT2D eigenvalue weighted by Gasteiger charge is -2.15. The van der Waals surface area contributed by atoms with Gasteiger partial charge in [-0.25, -0.2) is 9.97 Å². The largest absolute Gasteiger partial charge is 0.310 e. The standard InChI is InChI=1S/C14H15Cl2N3/c1-9-7-18-14(19-8-9)13(17-2)5-10-3-4-11(15)6-12(10)16/h3-4,6-8,13,17H,5H2,1-2H3. The van der Waals surface area contributed by atoms with Crippen LogP contribution in [0.25, 0.3) is 0 Å². The van der Waals surface area contributed by atoms with Gasteiger partial charge in [-0.15, -0.1) is 0 Å². The molecule has 0 fully saturated rings. The van der Waals surface area contributed by atoms with E-state index in [-0.39, 0.29) is 6.04 Å². The molecular weight excluding hydrogens is 281 g/mol. The first kappa shape index (κ1) is 14.3. The summed E-state index contributed by atoms with van der Waals surface area (Å²) in [5.74, 6) is 0.763. The van der Waals surface area contributed by atoms with Gasteiger partial charge in [0.25, 0.3) is 0 Å². The fraction of sp³-hybridized carbons (Fsp3) is 0.286. The molecule has 100 valence electrons. The highest BCUT2D eigenvalue weighted by Crippen LogP contribution is 2.25. The first-order chi connectivity index (χ1) is 9.10. The molecule has 2 aromatic rings. The second-order valence-electron chi connectivity index (χ2n) is 4.40. The molecule has 0 radical (unpaired) electrons. The summed E-state index contributed by atoms with van der Waals surface area (Å²) in [5.41, 5.74) is 2.07. The van der Waals surface area contributed by atoms with Crippen LogP contribution in [0.2, 0.25) is 10.0 Å². The number of likely N-dealkylation sites (N-methyl/N-ethyl adjacent to an activating group) is 1. The van der Waals surface area contributed by atoms with Crippen molar-refractivity contribution in [3.05, 3.63) is 57.6 Å². The molecule has 0 aliphatic carbocycles. The number of aryl methyl sites for hydroxylation is 1. The van der Waals surface area contributed by atoms with Gasteiger partial charge in [0.05, 0.1) is 6.04 Å². The summed E-state index contributed by atoms with van der Waals surface area (Å²) in [6, 6.07) is 5.55. The van der Waals surface area contributed by atoms with Crippen LogP contribution in [0.5, 0.6) is 0 Å². The van der Waals surface area contributed by atoms with Crippen molar-refractivity contribution in [2.45, 2.75) is 19.4 Å². The second-order valence-corrected chi connectivity index (χ2v) is 5.24. The van der Waals surface area contributed by atoms with E-state index in [1.165, 1.54) is 0 Å². The monoisotopic (exact) mass is 295 g/mol. The van der Waals surface area contributed by atoms with Crippen molar-refractivity contribution in [1.29, 1.82) is 0 Å². The van der Waals surface area contributed by atoms with E-state index in [1.807, 2.05) is 38.5 Å². The molecule has 0 amide bonds. The van der Waals surface area contributed by atoms with Crippen LogP contribution in [-0.4, -0.2) is 17.0 Å². The van der Waals surface area contributed by atoms with Gasteiger partial charge < -0.3 is 5.32 Å². The molecule has 2 rings (SSSR count). The quantitative estimate of drug-likeness (QED) is 0.937. The molecule has 1 aromatic heterocycles. The van der Waals surface area contributed by atoms with Crippen LogP contribution in [-0.2, 0) is 6.42 Å². The predicted octanol–water partition coefficient (Wildman–Crippen LogP) is 3.60. The summed E-state index contributed by atoms with van der Waals surface area (Å²) >= 11 is 12.1. The molecule has 1 atom stereocenters. The second kappa shape index (κ2) is 6.33. The number of nitrogens with one attached hydrogen (secondary N) is 1. The SMILES string of the molecule is CNC(Cc1ccc(Cl)cc1Cl)c1ncc(C)cn1. The Bertz CT molecular complexity index is 555. The molecule has 1 heterocycles. The third-order valence-electron chi connectivity index (χ3n) is 2.90. The number of hydrogen-bond acceptors (Lipinski definition) is 3. The Morgan fingerprint density at radius 1 is 1.21 bits per heavy atom. The summed E-state index contributed by atoms with van der Waals surface area (Å²) in [6.45, 7) is 1.97. The summed E-state index contributed by atoms with van der Waals surface area (Å²) in [4.78, 5) is 8.70. The number of hydrogen-bond donors (Lipinski definition) is 1. The topological polar surface area (TPSA) is 37.8 Å². The predicted molar refractivity (Wildman–Crippen MR) is 78.7 cm³/mol. The summed E-state index contributed by atoms with van der Waals surface area (Å²) in [5, 5.41) is 4.52. The normalized spacial score (nSPS) is 12.4. The van der Waals surface area contributed by atoms with Crippen LogP contribution in [0, 0.1) is 6.92 Å². The van der Waals surface area contributed by atoms with E-state index in [0.717, 1.165) is 23.4 Å². The molecule has 1 unspecified atom stereocenters. The minimum Gasteiger partial charge on any atom is -0.310 e. The van der Waals surface area contributed by atoms with Crippen LogP contribution in [0.1, 0.15) is 23.0 Å². The highest BCUT2D eigenvalue weighted by molar-refractivity contribution is 6.35. The molecule has 0 bridgehead atoms. The Morgan fingerprint density at radius 3 is 2.47 bits per heavy atom. The van der Waals surface area contributed by atoms with Crippen LogP contribution < -0.4 is 5.32 Å². The first-order valence-corrected chi connectivity index (χ1v) is 6.75. The van der Waals surface area contributed by atoms with E-state index >= 15 is 0 Å². The van der Waals surface area contributed by atoms with Crippen LogP contribution in [0.15, 0.2) is 30.6 Å². The fourth-order valence-corrected chi connectivity index (χ4v) is 2.30. The molecule has 0 saturated heterocycles. The van der Waals surface area contributed by atoms with Crippen molar-refractivity contribution in [2.75, 3.05) is 7.05 Å². The van der Waals surface area contributed by atoms with Crippen molar-refractivity contribution in [3.8, 4) is 0 Å². The van der Waals surface area contributed by atoms with Crippen molar-refractivity contribution >= 4 is 23.2 Å². The number of nitrogens with zero attached hydrogens (tertiary/aromatic N) is 2. The molecule has 19 heavy (non-hydrogen) atoms. The molecule has 0 spiro atoms. The van der Waals surface area contributed by atoms with Crippen LogP contribution in [0.4, 0.5) is 0 Å². The first-order valence-electron chi connectivity index (χ1n) is 6.00. The Labute approximate surface area is 123 Å². The van der Waals surface area contributed by atoms with E-state index in [9.17, 15) is 0 Å². The average Bonchev–Trinajstić information content (AvgIpc) is 2.39. The zero-order chi connectivity index (χ0) is 13.8. The number of aromatic nitrogens is 2. The Kier molecular flexibility index (Phi) is 4.75. The van der Waals surface area contributed by atoms with Crippen molar-refractivity contribution in [2.24, 2.45) is 0 Å². The summed E-state index contributed by atoms with van der Waals surface area (Å²) in [6.07, 6.45) is 4.35. The summed E-state index contributed by atoms with van der Waals surface area (Å²) < 4.78 is 0. The van der Waals surface area contributed by atoms with E-state index < -0.39 is 0 Å². The number of halogens is 2. The lowest BCUT2D eigenvalue weighted by atomic mass is 10.1. The molecule has 5 heteroatoms. The summed E-state index contributed by atoms with van der Waals surface area (Å²) in [7, 11) is 1.89. The van der Waals surface area contributed by atoms with Gasteiger partial charge in [-0.1, -0.05) is 29.3 Å². The van der Waals surface area contributed by atoms with E-state index in [0.29, 0.717) is 10.0 Å². The fourth-order valence-electron chi connectivity index (χ4n) is 1.81. The maximum atomic E-state index is 6.19. The van der Waals surface area contributed by atoms with Crippen LogP contribution in [0.3, 0.4) is 0 Å². The molecule has 1 aromatic carbocycles. The minimum atomic E-state index is 0.0271. The average molecular weight is 296 g/mol. The Morgan fingerprint density at radius 2 is 1.89 bits per heavy atom. The number of benzene rings is 1. The van der Waals surface area contributed by atoms with Gasteiger partial charge in [-0.2, -0.15) is 0 Å². The van der Waals surface area contributed by atoms with Gasteiger partial charge in [0.15, 0.2) is 0 Å². The molecular formula is C14H15Cl2N3. The van der Waals surface area contributed by atoms with Gasteiger partial charge in [0, 0.05) is 22.4 Å². The maximum Gasteiger partial charge on any atom is 0.145 e. The van der Waals surface area contributed by atoms with Crippen LogP contribution >= 0.6 is 23.2 Å². The van der Waals surface area contributed by atoms with Gasteiger partial charge in [0.1, 0.15) is 5.82 Å². The van der Waals surface area contributed by atoms with Gasteiger partial charge in [-0.05, 0) is 43.7 Å². The van der Waals surface area contributed by atoms with E-state index in [1.54, 1.807) is 6.07 Å². The highest BCUT2D eigenvalue weighted by Gasteiger charge is 2.14. The van der Waals surface area contributed by atoms with E-state index in [2.05, 4.69) is 15.3 Å². The smallest absolute Gasteiger partial charge is 0.145 e. The minimum absolute atomic E-state index is 0.0271. The highest BCUT2D eigenvalue weighted by atomic mass is 35.5. The molecule has 1 N–H and O–H groups in total. The van der Waals surface area contributed by atoms with Gasteiger partial charge in [0.2, 0.25) is 0 Å². The Hall–Kier alpha value is -1.16. The lowest BCUT2D eigenvalue weighted by molar-refractivity contribution is 0.556. The third-order valence-corrected chi connectivity index (χ3v) is 3.49. The zero-order valence-electron chi connectivity index (χ0n) is 10.8. The molecule has 0 saturated carbocycles. The third kappa shape index (κ3) is 3.66. The number of rotatable bonds is 4. The van der Waals surface area contributed by atoms with Gasteiger partial charge in [-0.3, -0.25) is 0 Å². The molecule has 0 aliphatic rings. The Balaban J connectivity index is 2.21. The van der Waals surface area contributed by atoms with Crippen molar-refractivity contribution in [1.82, 2.24) is 15.3 Å². The maximum absolute atomic E-state index is 6.19. The van der Waals surface area contributed by atoms with E-state index in [4.69, 9.17) is 23.2 Å². The molecule has 3 nitrogen and oxygen atoms in total.